The second kappa shape index (κ2) is 8.09. The summed E-state index contributed by atoms with van der Waals surface area (Å²) in [5.41, 5.74) is 0.311. The number of hydrogen-bond acceptors (Lipinski definition) is 3. The first kappa shape index (κ1) is 19.6. The molecule has 1 aromatic carbocycles. The van der Waals surface area contributed by atoms with E-state index in [0.717, 1.165) is 18.4 Å². The Morgan fingerprint density at radius 2 is 1.96 bits per heavy atom. The van der Waals surface area contributed by atoms with Crippen LogP contribution in [-0.4, -0.2) is 47.0 Å². The molecule has 1 aliphatic rings. The average molecular weight is 367 g/mol. The number of piperidine rings is 1. The molecular formula is C19H27ClN2O3. The first-order valence-electron chi connectivity index (χ1n) is 8.67. The first-order chi connectivity index (χ1) is 11.7. The smallest absolute Gasteiger partial charge is 0.410 e. The largest absolute Gasteiger partial charge is 0.444 e. The van der Waals surface area contributed by atoms with Gasteiger partial charge in [0.05, 0.1) is 0 Å². The highest BCUT2D eigenvalue weighted by atomic mass is 35.5. The predicted molar refractivity (Wildman–Crippen MR) is 98.5 cm³/mol. The van der Waals surface area contributed by atoms with Crippen LogP contribution in [0.5, 0.6) is 0 Å². The van der Waals surface area contributed by atoms with Gasteiger partial charge in [0.25, 0.3) is 0 Å². The molecule has 1 heterocycles. The van der Waals surface area contributed by atoms with E-state index < -0.39 is 17.7 Å². The van der Waals surface area contributed by atoms with Gasteiger partial charge in [-0.3, -0.25) is 9.69 Å². The third kappa shape index (κ3) is 5.36. The van der Waals surface area contributed by atoms with Crippen LogP contribution >= 0.6 is 11.6 Å². The van der Waals surface area contributed by atoms with E-state index in [9.17, 15) is 9.59 Å². The van der Waals surface area contributed by atoms with Crippen molar-refractivity contribution in [1.82, 2.24) is 9.80 Å². The second-order valence-electron chi connectivity index (χ2n) is 7.47. The Labute approximate surface area is 154 Å². The van der Waals surface area contributed by atoms with Gasteiger partial charge in [0.15, 0.2) is 0 Å². The number of nitrogens with zero attached hydrogens (tertiary/aromatic N) is 2. The molecule has 0 radical (unpaired) electrons. The van der Waals surface area contributed by atoms with Gasteiger partial charge < -0.3 is 9.64 Å². The molecule has 1 fully saturated rings. The zero-order valence-corrected chi connectivity index (χ0v) is 16.2. The maximum Gasteiger partial charge on any atom is 0.410 e. The number of halogens is 1. The number of ether oxygens (including phenoxy) is 1. The van der Waals surface area contributed by atoms with E-state index in [1.807, 2.05) is 45.0 Å². The van der Waals surface area contributed by atoms with Crippen molar-refractivity contribution in [3.05, 3.63) is 34.9 Å². The molecule has 2 amide bonds. The van der Waals surface area contributed by atoms with Gasteiger partial charge in [-0.05, 0) is 51.7 Å². The van der Waals surface area contributed by atoms with Crippen LogP contribution in [0.4, 0.5) is 4.79 Å². The maximum atomic E-state index is 12.9. The predicted octanol–water partition coefficient (Wildman–Crippen LogP) is 4.09. The highest BCUT2D eigenvalue weighted by Gasteiger charge is 2.36. The van der Waals surface area contributed by atoms with Crippen LogP contribution in [-0.2, 0) is 16.1 Å². The Morgan fingerprint density at radius 1 is 1.28 bits per heavy atom. The topological polar surface area (TPSA) is 49.9 Å². The van der Waals surface area contributed by atoms with E-state index in [1.54, 1.807) is 16.8 Å². The van der Waals surface area contributed by atoms with Crippen molar-refractivity contribution in [1.29, 1.82) is 0 Å². The first-order valence-corrected chi connectivity index (χ1v) is 9.05. The Bertz CT molecular complexity index is 627. The molecule has 1 saturated heterocycles. The average Bonchev–Trinajstić information content (AvgIpc) is 2.54. The molecule has 1 aliphatic heterocycles. The monoisotopic (exact) mass is 366 g/mol. The fourth-order valence-electron chi connectivity index (χ4n) is 2.94. The lowest BCUT2D eigenvalue weighted by molar-refractivity contribution is -0.137. The highest BCUT2D eigenvalue weighted by molar-refractivity contribution is 6.31. The van der Waals surface area contributed by atoms with Crippen molar-refractivity contribution in [2.24, 2.45) is 0 Å². The summed E-state index contributed by atoms with van der Waals surface area (Å²) in [4.78, 5) is 28.6. The molecule has 0 bridgehead atoms. The molecule has 0 N–H and O–H groups in total. The molecule has 0 spiro atoms. The molecule has 1 atom stereocenters. The Kier molecular flexibility index (Phi) is 6.33. The van der Waals surface area contributed by atoms with Gasteiger partial charge in [0, 0.05) is 25.2 Å². The summed E-state index contributed by atoms with van der Waals surface area (Å²) in [5.74, 6) is -0.0783. The van der Waals surface area contributed by atoms with Crippen LogP contribution < -0.4 is 0 Å². The molecule has 0 saturated carbocycles. The molecule has 5 nitrogen and oxygen atoms in total. The summed E-state index contributed by atoms with van der Waals surface area (Å²) in [6.45, 7) is 6.45. The quantitative estimate of drug-likeness (QED) is 0.809. The zero-order valence-electron chi connectivity index (χ0n) is 15.4. The van der Waals surface area contributed by atoms with Crippen LogP contribution in [0.3, 0.4) is 0 Å². The van der Waals surface area contributed by atoms with Crippen molar-refractivity contribution >= 4 is 23.6 Å². The number of carbonyl (C=O) groups excluding carboxylic acids is 2. The van der Waals surface area contributed by atoms with E-state index in [2.05, 4.69) is 0 Å². The summed E-state index contributed by atoms with van der Waals surface area (Å²) in [6, 6.07) is 6.99. The Balaban J connectivity index is 2.09. The van der Waals surface area contributed by atoms with E-state index >= 15 is 0 Å². The SMILES string of the molecule is CN(Cc1ccccc1Cl)C(=O)C1CCCCN1C(=O)OC(C)(C)C. The molecule has 6 heteroatoms. The Morgan fingerprint density at radius 3 is 2.60 bits per heavy atom. The number of likely N-dealkylation sites (N-methyl/N-ethyl adjacent to an activating group) is 1. The molecule has 1 aromatic rings. The van der Waals surface area contributed by atoms with Gasteiger partial charge >= 0.3 is 6.09 Å². The van der Waals surface area contributed by atoms with Crippen LogP contribution in [0.25, 0.3) is 0 Å². The van der Waals surface area contributed by atoms with Crippen molar-refractivity contribution in [2.75, 3.05) is 13.6 Å². The van der Waals surface area contributed by atoms with Crippen LogP contribution in [0.2, 0.25) is 5.02 Å². The van der Waals surface area contributed by atoms with Crippen LogP contribution in [0.15, 0.2) is 24.3 Å². The third-order valence-corrected chi connectivity index (χ3v) is 4.53. The summed E-state index contributed by atoms with van der Waals surface area (Å²) < 4.78 is 5.47. The summed E-state index contributed by atoms with van der Waals surface area (Å²) in [7, 11) is 1.74. The fraction of sp³-hybridized carbons (Fsp3) is 0.579. The van der Waals surface area contributed by atoms with Gasteiger partial charge in [0.2, 0.25) is 5.91 Å². The van der Waals surface area contributed by atoms with E-state index in [1.165, 1.54) is 0 Å². The van der Waals surface area contributed by atoms with E-state index in [4.69, 9.17) is 16.3 Å². The number of rotatable bonds is 3. The molecule has 0 aromatic heterocycles. The number of carbonyl (C=O) groups is 2. The molecule has 1 unspecified atom stereocenters. The minimum absolute atomic E-state index is 0.0783. The molecule has 2 rings (SSSR count). The maximum absolute atomic E-state index is 12.9. The number of hydrogen-bond donors (Lipinski definition) is 0. The minimum atomic E-state index is -0.578. The fourth-order valence-corrected chi connectivity index (χ4v) is 3.14. The molecule has 0 aliphatic carbocycles. The Hall–Kier alpha value is -1.75. The molecule has 138 valence electrons. The normalized spacial score (nSPS) is 18.0. The number of likely N-dealkylation sites (tertiary alicyclic amines) is 1. The van der Waals surface area contributed by atoms with Gasteiger partial charge in [-0.2, -0.15) is 0 Å². The lowest BCUT2D eigenvalue weighted by Gasteiger charge is -2.37. The third-order valence-electron chi connectivity index (χ3n) is 4.16. The minimum Gasteiger partial charge on any atom is -0.444 e. The molecular weight excluding hydrogens is 340 g/mol. The van der Waals surface area contributed by atoms with Crippen molar-refractivity contribution in [3.63, 3.8) is 0 Å². The van der Waals surface area contributed by atoms with Gasteiger partial charge in [-0.1, -0.05) is 29.8 Å². The van der Waals surface area contributed by atoms with Gasteiger partial charge in [-0.25, -0.2) is 4.79 Å². The van der Waals surface area contributed by atoms with Crippen LogP contribution in [0, 0.1) is 0 Å². The molecule has 25 heavy (non-hydrogen) atoms. The summed E-state index contributed by atoms with van der Waals surface area (Å²) in [5, 5.41) is 0.634. The van der Waals surface area contributed by atoms with Crippen LogP contribution in [0.1, 0.15) is 45.6 Å². The zero-order chi connectivity index (χ0) is 18.6. The van der Waals surface area contributed by atoms with E-state index in [-0.39, 0.29) is 5.91 Å². The van der Waals surface area contributed by atoms with Gasteiger partial charge in [0.1, 0.15) is 11.6 Å². The van der Waals surface area contributed by atoms with Gasteiger partial charge in [-0.15, -0.1) is 0 Å². The van der Waals surface area contributed by atoms with Crippen molar-refractivity contribution < 1.29 is 14.3 Å². The van der Waals surface area contributed by atoms with E-state index in [0.29, 0.717) is 24.5 Å². The lowest BCUT2D eigenvalue weighted by Crippen LogP contribution is -2.53. The van der Waals surface area contributed by atoms with Crippen molar-refractivity contribution in [3.8, 4) is 0 Å². The van der Waals surface area contributed by atoms with Crippen molar-refractivity contribution in [2.45, 2.75) is 58.2 Å². The number of benzene rings is 1. The summed E-state index contributed by atoms with van der Waals surface area (Å²) in [6.07, 6.45) is 2.05. The highest BCUT2D eigenvalue weighted by Crippen LogP contribution is 2.23. The second-order valence-corrected chi connectivity index (χ2v) is 7.88. The standard InChI is InChI=1S/C19H27ClN2O3/c1-19(2,3)25-18(24)22-12-8-7-11-16(22)17(23)21(4)13-14-9-5-6-10-15(14)20/h5-6,9-10,16H,7-8,11-13H2,1-4H3. The number of amides is 2. The summed E-state index contributed by atoms with van der Waals surface area (Å²) >= 11 is 6.19. The lowest BCUT2D eigenvalue weighted by atomic mass is 10.0.